The fourth-order valence-corrected chi connectivity index (χ4v) is 2.14. The summed E-state index contributed by atoms with van der Waals surface area (Å²) in [5.41, 5.74) is 4.98. The molecule has 0 spiro atoms. The summed E-state index contributed by atoms with van der Waals surface area (Å²) in [7, 11) is 0. The van der Waals surface area contributed by atoms with Gasteiger partial charge in [-0.2, -0.15) is 0 Å². The first-order valence-corrected chi connectivity index (χ1v) is 6.12. The molecule has 17 heavy (non-hydrogen) atoms. The van der Waals surface area contributed by atoms with Crippen LogP contribution in [-0.4, -0.2) is 0 Å². The molecule has 2 rings (SSSR count). The van der Waals surface area contributed by atoms with Gasteiger partial charge in [-0.25, -0.2) is 5.43 Å². The molecule has 0 aliphatic rings. The second-order valence-electron chi connectivity index (χ2n) is 4.67. The molecule has 0 amide bonds. The SMILES string of the molecule is CCC(C)C(NN)c1cc2cccc(C)c2o1. The van der Waals surface area contributed by atoms with Gasteiger partial charge in [0.15, 0.2) is 0 Å². The lowest BCUT2D eigenvalue weighted by Gasteiger charge is -2.19. The number of furan rings is 1. The second kappa shape index (κ2) is 4.90. The Bertz CT molecular complexity index is 504. The van der Waals surface area contributed by atoms with Crippen molar-refractivity contribution in [1.29, 1.82) is 0 Å². The summed E-state index contributed by atoms with van der Waals surface area (Å²) >= 11 is 0. The Morgan fingerprint density at radius 1 is 1.41 bits per heavy atom. The molecule has 0 aliphatic heterocycles. The molecule has 2 aromatic rings. The fourth-order valence-electron chi connectivity index (χ4n) is 2.14. The first-order chi connectivity index (χ1) is 8.17. The Balaban J connectivity index is 2.44. The predicted octanol–water partition coefficient (Wildman–Crippen LogP) is 3.29. The number of hydrogen-bond acceptors (Lipinski definition) is 3. The molecule has 0 aliphatic carbocycles. The number of para-hydroxylation sites is 1. The molecule has 0 fully saturated rings. The Labute approximate surface area is 102 Å². The van der Waals surface area contributed by atoms with Crippen LogP contribution in [0.5, 0.6) is 0 Å². The van der Waals surface area contributed by atoms with Crippen LogP contribution in [0.15, 0.2) is 28.7 Å². The van der Waals surface area contributed by atoms with Crippen molar-refractivity contribution in [3.63, 3.8) is 0 Å². The van der Waals surface area contributed by atoms with Crippen LogP contribution in [0.4, 0.5) is 0 Å². The monoisotopic (exact) mass is 232 g/mol. The summed E-state index contributed by atoms with van der Waals surface area (Å²) in [6, 6.07) is 8.33. The average Bonchev–Trinajstić information content (AvgIpc) is 2.75. The fraction of sp³-hybridized carbons (Fsp3) is 0.429. The van der Waals surface area contributed by atoms with E-state index >= 15 is 0 Å². The lowest BCUT2D eigenvalue weighted by molar-refractivity contribution is 0.330. The van der Waals surface area contributed by atoms with E-state index in [-0.39, 0.29) is 6.04 Å². The first-order valence-electron chi connectivity index (χ1n) is 6.12. The predicted molar refractivity (Wildman–Crippen MR) is 70.5 cm³/mol. The minimum Gasteiger partial charge on any atom is -0.459 e. The summed E-state index contributed by atoms with van der Waals surface area (Å²) in [6.07, 6.45) is 1.06. The van der Waals surface area contributed by atoms with Crippen molar-refractivity contribution in [1.82, 2.24) is 5.43 Å². The molecule has 0 radical (unpaired) electrons. The number of nitrogens with one attached hydrogen (secondary N) is 1. The van der Waals surface area contributed by atoms with Gasteiger partial charge in [-0.05, 0) is 24.5 Å². The van der Waals surface area contributed by atoms with Gasteiger partial charge < -0.3 is 4.42 Å². The Morgan fingerprint density at radius 2 is 2.18 bits per heavy atom. The van der Waals surface area contributed by atoms with Gasteiger partial charge in [0.05, 0.1) is 6.04 Å². The van der Waals surface area contributed by atoms with E-state index < -0.39 is 0 Å². The number of hydrazine groups is 1. The van der Waals surface area contributed by atoms with Gasteiger partial charge in [-0.1, -0.05) is 38.5 Å². The van der Waals surface area contributed by atoms with Gasteiger partial charge in [0.2, 0.25) is 0 Å². The molecular weight excluding hydrogens is 212 g/mol. The minimum absolute atomic E-state index is 0.0757. The molecule has 1 aromatic heterocycles. The Kier molecular flexibility index (Phi) is 3.50. The third-order valence-electron chi connectivity index (χ3n) is 3.46. The van der Waals surface area contributed by atoms with E-state index in [0.717, 1.165) is 28.7 Å². The summed E-state index contributed by atoms with van der Waals surface area (Å²) in [6.45, 7) is 6.39. The highest BCUT2D eigenvalue weighted by molar-refractivity contribution is 5.81. The molecule has 3 heteroatoms. The topological polar surface area (TPSA) is 51.2 Å². The van der Waals surface area contributed by atoms with Gasteiger partial charge in [-0.15, -0.1) is 0 Å². The molecule has 2 unspecified atom stereocenters. The highest BCUT2D eigenvalue weighted by atomic mass is 16.3. The maximum atomic E-state index is 5.93. The van der Waals surface area contributed by atoms with E-state index in [0.29, 0.717) is 5.92 Å². The van der Waals surface area contributed by atoms with Crippen molar-refractivity contribution in [2.75, 3.05) is 0 Å². The van der Waals surface area contributed by atoms with Gasteiger partial charge in [0.1, 0.15) is 11.3 Å². The molecule has 0 saturated carbocycles. The zero-order chi connectivity index (χ0) is 12.4. The molecule has 3 N–H and O–H groups in total. The molecule has 1 aromatic carbocycles. The Morgan fingerprint density at radius 3 is 2.76 bits per heavy atom. The van der Waals surface area contributed by atoms with Crippen LogP contribution in [0, 0.1) is 12.8 Å². The van der Waals surface area contributed by atoms with Gasteiger partial charge in [0, 0.05) is 5.39 Å². The van der Waals surface area contributed by atoms with Crippen molar-refractivity contribution in [2.24, 2.45) is 11.8 Å². The van der Waals surface area contributed by atoms with Crippen LogP contribution in [0.3, 0.4) is 0 Å². The van der Waals surface area contributed by atoms with Crippen molar-refractivity contribution < 1.29 is 4.42 Å². The summed E-state index contributed by atoms with van der Waals surface area (Å²) < 4.78 is 5.93. The van der Waals surface area contributed by atoms with Crippen LogP contribution in [0.25, 0.3) is 11.0 Å². The first kappa shape index (κ1) is 12.1. The summed E-state index contributed by atoms with van der Waals surface area (Å²) in [5, 5.41) is 1.14. The average molecular weight is 232 g/mol. The number of aryl methyl sites for hydroxylation is 1. The molecule has 92 valence electrons. The van der Waals surface area contributed by atoms with Gasteiger partial charge in [-0.3, -0.25) is 5.84 Å². The number of fused-ring (bicyclic) bond motifs is 1. The minimum atomic E-state index is 0.0757. The van der Waals surface area contributed by atoms with Crippen molar-refractivity contribution in [3.05, 3.63) is 35.6 Å². The lowest BCUT2D eigenvalue weighted by atomic mass is 9.97. The summed E-state index contributed by atoms with van der Waals surface area (Å²) in [5.74, 6) is 7.00. The number of benzene rings is 1. The zero-order valence-electron chi connectivity index (χ0n) is 10.7. The highest BCUT2D eigenvalue weighted by Gasteiger charge is 2.20. The normalized spacial score (nSPS) is 15.1. The van der Waals surface area contributed by atoms with E-state index in [1.807, 2.05) is 6.07 Å². The summed E-state index contributed by atoms with van der Waals surface area (Å²) in [4.78, 5) is 0. The molecule has 0 bridgehead atoms. The van der Waals surface area contributed by atoms with Gasteiger partial charge >= 0.3 is 0 Å². The number of rotatable bonds is 4. The van der Waals surface area contributed by atoms with Crippen LogP contribution < -0.4 is 11.3 Å². The van der Waals surface area contributed by atoms with Gasteiger partial charge in [0.25, 0.3) is 0 Å². The molecule has 1 heterocycles. The molecular formula is C14H20N2O. The van der Waals surface area contributed by atoms with Crippen molar-refractivity contribution in [3.8, 4) is 0 Å². The molecule has 3 nitrogen and oxygen atoms in total. The van der Waals surface area contributed by atoms with Crippen LogP contribution in [0.1, 0.15) is 37.6 Å². The third kappa shape index (κ3) is 2.21. The largest absolute Gasteiger partial charge is 0.459 e. The third-order valence-corrected chi connectivity index (χ3v) is 3.46. The zero-order valence-corrected chi connectivity index (χ0v) is 10.7. The van der Waals surface area contributed by atoms with Crippen molar-refractivity contribution >= 4 is 11.0 Å². The maximum Gasteiger partial charge on any atom is 0.137 e. The standard InChI is InChI=1S/C14H20N2O/c1-4-9(2)13(16-15)12-8-11-7-5-6-10(3)14(11)17-12/h5-9,13,16H,4,15H2,1-3H3. The van der Waals surface area contributed by atoms with Crippen LogP contribution in [-0.2, 0) is 0 Å². The highest BCUT2D eigenvalue weighted by Crippen LogP contribution is 2.30. The molecule has 2 atom stereocenters. The van der Waals surface area contributed by atoms with E-state index in [4.69, 9.17) is 10.3 Å². The smallest absolute Gasteiger partial charge is 0.137 e. The second-order valence-corrected chi connectivity index (χ2v) is 4.67. The number of nitrogens with two attached hydrogens (primary N) is 1. The maximum absolute atomic E-state index is 5.93. The van der Waals surface area contributed by atoms with E-state index in [1.54, 1.807) is 0 Å². The lowest BCUT2D eigenvalue weighted by Crippen LogP contribution is -2.32. The number of hydrogen-bond donors (Lipinski definition) is 2. The quantitative estimate of drug-likeness (QED) is 0.628. The molecule has 0 saturated heterocycles. The van der Waals surface area contributed by atoms with E-state index in [1.165, 1.54) is 0 Å². The van der Waals surface area contributed by atoms with Crippen LogP contribution in [0.2, 0.25) is 0 Å². The van der Waals surface area contributed by atoms with Crippen molar-refractivity contribution in [2.45, 2.75) is 33.2 Å². The van der Waals surface area contributed by atoms with Crippen LogP contribution >= 0.6 is 0 Å². The van der Waals surface area contributed by atoms with E-state index in [2.05, 4.69) is 44.4 Å². The van der Waals surface area contributed by atoms with E-state index in [9.17, 15) is 0 Å². The Hall–Kier alpha value is -1.32.